The fourth-order valence-electron chi connectivity index (χ4n) is 1.57. The smallest absolute Gasteiger partial charge is 0.287 e. The Labute approximate surface area is 99.8 Å². The molecular formula is C13H16N2O2. The molecule has 0 saturated carbocycles. The molecule has 4 nitrogen and oxygen atoms in total. The molecule has 3 N–H and O–H groups in total. The van der Waals surface area contributed by atoms with Gasteiger partial charge in [-0.3, -0.25) is 4.79 Å². The molecule has 0 fully saturated rings. The lowest BCUT2D eigenvalue weighted by Crippen LogP contribution is -2.31. The van der Waals surface area contributed by atoms with Crippen molar-refractivity contribution in [3.63, 3.8) is 0 Å². The second-order valence-corrected chi connectivity index (χ2v) is 4.19. The summed E-state index contributed by atoms with van der Waals surface area (Å²) < 4.78 is 5.46. The van der Waals surface area contributed by atoms with E-state index in [-0.39, 0.29) is 11.9 Å². The van der Waals surface area contributed by atoms with Crippen molar-refractivity contribution in [2.75, 3.05) is 5.73 Å². The molecule has 1 atom stereocenters. The maximum atomic E-state index is 11.8. The lowest BCUT2D eigenvalue weighted by atomic mass is 10.2. The zero-order valence-electron chi connectivity index (χ0n) is 9.99. The van der Waals surface area contributed by atoms with Gasteiger partial charge >= 0.3 is 0 Å². The number of nitrogens with two attached hydrogens (primary N) is 1. The molecule has 0 spiro atoms. The highest BCUT2D eigenvalue weighted by Crippen LogP contribution is 2.21. The highest BCUT2D eigenvalue weighted by atomic mass is 16.3. The third-order valence-corrected chi connectivity index (χ3v) is 2.75. The number of benzene rings is 1. The third-order valence-electron chi connectivity index (χ3n) is 2.75. The number of nitrogen functional groups attached to an aromatic ring is 1. The molecular weight excluding hydrogens is 216 g/mol. The predicted molar refractivity (Wildman–Crippen MR) is 67.8 cm³/mol. The van der Waals surface area contributed by atoms with Gasteiger partial charge in [-0.05, 0) is 37.6 Å². The Hall–Kier alpha value is -1.97. The summed E-state index contributed by atoms with van der Waals surface area (Å²) in [6, 6.07) is 7.16. The van der Waals surface area contributed by atoms with E-state index in [9.17, 15) is 4.79 Å². The van der Waals surface area contributed by atoms with Gasteiger partial charge in [0.05, 0.1) is 0 Å². The number of furan rings is 1. The van der Waals surface area contributed by atoms with Crippen LogP contribution in [0.3, 0.4) is 0 Å². The first-order valence-electron chi connectivity index (χ1n) is 5.70. The van der Waals surface area contributed by atoms with E-state index in [4.69, 9.17) is 10.2 Å². The minimum Gasteiger partial charge on any atom is -0.451 e. The summed E-state index contributed by atoms with van der Waals surface area (Å²) in [6.45, 7) is 3.98. The lowest BCUT2D eigenvalue weighted by Gasteiger charge is -2.08. The van der Waals surface area contributed by atoms with Crippen molar-refractivity contribution >= 4 is 22.6 Å². The van der Waals surface area contributed by atoms with E-state index in [0.717, 1.165) is 11.8 Å². The number of carbonyl (C=O) groups excluding carboxylic acids is 1. The van der Waals surface area contributed by atoms with Gasteiger partial charge in [-0.2, -0.15) is 0 Å². The first-order valence-corrected chi connectivity index (χ1v) is 5.70. The quantitative estimate of drug-likeness (QED) is 0.799. The van der Waals surface area contributed by atoms with Crippen LogP contribution in [0.15, 0.2) is 28.7 Å². The van der Waals surface area contributed by atoms with E-state index in [2.05, 4.69) is 5.32 Å². The number of rotatable bonds is 3. The van der Waals surface area contributed by atoms with Gasteiger partial charge in [0.15, 0.2) is 5.76 Å². The standard InChI is InChI=1S/C13H16N2O2/c1-3-8(2)15-13(16)12-7-9-6-10(14)4-5-11(9)17-12/h4-8H,3,14H2,1-2H3,(H,15,16). The monoisotopic (exact) mass is 232 g/mol. The Morgan fingerprint density at radius 2 is 2.24 bits per heavy atom. The first-order chi connectivity index (χ1) is 8.10. The highest BCUT2D eigenvalue weighted by Gasteiger charge is 2.13. The molecule has 0 aliphatic carbocycles. The summed E-state index contributed by atoms with van der Waals surface area (Å²) in [5.74, 6) is 0.139. The number of fused-ring (bicyclic) bond motifs is 1. The Morgan fingerprint density at radius 1 is 1.47 bits per heavy atom. The number of amides is 1. The summed E-state index contributed by atoms with van der Waals surface area (Å²) in [5, 5.41) is 3.70. The maximum absolute atomic E-state index is 11.8. The molecule has 1 aromatic heterocycles. The van der Waals surface area contributed by atoms with Crippen molar-refractivity contribution in [3.05, 3.63) is 30.0 Å². The van der Waals surface area contributed by atoms with Crippen LogP contribution in [0.2, 0.25) is 0 Å². The Bertz CT molecular complexity index is 545. The number of nitrogens with one attached hydrogen (secondary N) is 1. The van der Waals surface area contributed by atoms with Crippen LogP contribution in [0.4, 0.5) is 5.69 Å². The Morgan fingerprint density at radius 3 is 2.94 bits per heavy atom. The SMILES string of the molecule is CCC(C)NC(=O)c1cc2cc(N)ccc2o1. The van der Waals surface area contributed by atoms with Crippen molar-refractivity contribution < 1.29 is 9.21 Å². The molecule has 0 aliphatic heterocycles. The molecule has 1 aromatic carbocycles. The summed E-state index contributed by atoms with van der Waals surface area (Å²) in [4.78, 5) is 11.8. The zero-order chi connectivity index (χ0) is 12.4. The van der Waals surface area contributed by atoms with Gasteiger partial charge in [-0.15, -0.1) is 0 Å². The number of hydrogen-bond donors (Lipinski definition) is 2. The molecule has 1 amide bonds. The third kappa shape index (κ3) is 2.41. The number of hydrogen-bond acceptors (Lipinski definition) is 3. The van der Waals surface area contributed by atoms with Crippen LogP contribution in [0.1, 0.15) is 30.8 Å². The minimum absolute atomic E-state index is 0.140. The molecule has 2 rings (SSSR count). The molecule has 1 heterocycles. The van der Waals surface area contributed by atoms with Crippen molar-refractivity contribution in [1.82, 2.24) is 5.32 Å². The molecule has 90 valence electrons. The average Bonchev–Trinajstić information content (AvgIpc) is 2.71. The van der Waals surface area contributed by atoms with Crippen LogP contribution in [0, 0.1) is 0 Å². The van der Waals surface area contributed by atoms with Crippen molar-refractivity contribution in [3.8, 4) is 0 Å². The van der Waals surface area contributed by atoms with Crippen LogP contribution >= 0.6 is 0 Å². The van der Waals surface area contributed by atoms with E-state index in [1.54, 1.807) is 24.3 Å². The molecule has 17 heavy (non-hydrogen) atoms. The fourth-order valence-corrected chi connectivity index (χ4v) is 1.57. The second kappa shape index (κ2) is 4.49. The molecule has 2 aromatic rings. The maximum Gasteiger partial charge on any atom is 0.287 e. The highest BCUT2D eigenvalue weighted by molar-refractivity contribution is 5.96. The van der Waals surface area contributed by atoms with Gasteiger partial charge < -0.3 is 15.5 Å². The Balaban J connectivity index is 2.27. The van der Waals surface area contributed by atoms with Gasteiger partial charge in [-0.25, -0.2) is 0 Å². The molecule has 0 saturated heterocycles. The summed E-state index contributed by atoms with van der Waals surface area (Å²) in [5.41, 5.74) is 7.00. The topological polar surface area (TPSA) is 68.3 Å². The van der Waals surface area contributed by atoms with Crippen LogP contribution in [0.5, 0.6) is 0 Å². The van der Waals surface area contributed by atoms with Crippen molar-refractivity contribution in [2.45, 2.75) is 26.3 Å². The normalized spacial score (nSPS) is 12.6. The van der Waals surface area contributed by atoms with Crippen molar-refractivity contribution in [1.29, 1.82) is 0 Å². The number of anilines is 1. The summed E-state index contributed by atoms with van der Waals surface area (Å²) in [6.07, 6.45) is 0.888. The van der Waals surface area contributed by atoms with Gasteiger partial charge in [0.2, 0.25) is 0 Å². The largest absolute Gasteiger partial charge is 0.451 e. The summed E-state index contributed by atoms with van der Waals surface area (Å²) in [7, 11) is 0. The predicted octanol–water partition coefficient (Wildman–Crippen LogP) is 2.54. The van der Waals surface area contributed by atoms with Gasteiger partial charge in [0.1, 0.15) is 5.58 Å². The zero-order valence-corrected chi connectivity index (χ0v) is 9.99. The molecule has 4 heteroatoms. The average molecular weight is 232 g/mol. The van der Waals surface area contributed by atoms with E-state index in [1.807, 2.05) is 13.8 Å². The molecule has 0 bridgehead atoms. The van der Waals surface area contributed by atoms with Gasteiger partial charge in [-0.1, -0.05) is 6.92 Å². The van der Waals surface area contributed by atoms with E-state index in [1.165, 1.54) is 0 Å². The van der Waals surface area contributed by atoms with Crippen LogP contribution in [-0.4, -0.2) is 11.9 Å². The van der Waals surface area contributed by atoms with E-state index < -0.39 is 0 Å². The van der Waals surface area contributed by atoms with Crippen LogP contribution in [-0.2, 0) is 0 Å². The van der Waals surface area contributed by atoms with Gasteiger partial charge in [0, 0.05) is 17.1 Å². The van der Waals surface area contributed by atoms with Gasteiger partial charge in [0.25, 0.3) is 5.91 Å². The van der Waals surface area contributed by atoms with Crippen LogP contribution in [0.25, 0.3) is 11.0 Å². The molecule has 0 aliphatic rings. The fraction of sp³-hybridized carbons (Fsp3) is 0.308. The first kappa shape index (κ1) is 11.5. The lowest BCUT2D eigenvalue weighted by molar-refractivity contribution is 0.0913. The Kier molecular flexibility index (Phi) is 3.04. The van der Waals surface area contributed by atoms with E-state index in [0.29, 0.717) is 17.0 Å². The minimum atomic E-state index is -0.186. The second-order valence-electron chi connectivity index (χ2n) is 4.19. The van der Waals surface area contributed by atoms with Crippen LogP contribution < -0.4 is 11.1 Å². The van der Waals surface area contributed by atoms with Crippen molar-refractivity contribution in [2.24, 2.45) is 0 Å². The number of carbonyl (C=O) groups is 1. The summed E-state index contributed by atoms with van der Waals surface area (Å²) >= 11 is 0. The van der Waals surface area contributed by atoms with E-state index >= 15 is 0 Å². The molecule has 0 radical (unpaired) electrons. The molecule has 1 unspecified atom stereocenters.